The van der Waals surface area contributed by atoms with Gasteiger partial charge in [-0.3, -0.25) is 4.79 Å². The Balaban J connectivity index is 1.57. The van der Waals surface area contributed by atoms with Gasteiger partial charge in [0.2, 0.25) is 0 Å². The number of phenols is 1. The van der Waals surface area contributed by atoms with Gasteiger partial charge in [-0.2, -0.15) is 5.10 Å². The molecule has 0 fully saturated rings. The van der Waals surface area contributed by atoms with Crippen molar-refractivity contribution in [3.8, 4) is 11.5 Å². The lowest BCUT2D eigenvalue weighted by molar-refractivity contribution is -0.121. The topological polar surface area (TPSA) is 83.0 Å². The highest BCUT2D eigenvalue weighted by molar-refractivity contribution is 5.89. The third-order valence-electron chi connectivity index (χ3n) is 4.20. The molecule has 6 heteroatoms. The van der Waals surface area contributed by atoms with Crippen LogP contribution in [0, 0.1) is 0 Å². The number of amides is 1. The number of hydrogen-bond acceptors (Lipinski definition) is 5. The Morgan fingerprint density at radius 3 is 2.68 bits per heavy atom. The summed E-state index contributed by atoms with van der Waals surface area (Å²) >= 11 is 0. The summed E-state index contributed by atoms with van der Waals surface area (Å²) in [6, 6.07) is 18.5. The van der Waals surface area contributed by atoms with Gasteiger partial charge in [0.15, 0.2) is 11.5 Å². The predicted molar refractivity (Wildman–Crippen MR) is 112 cm³/mol. The van der Waals surface area contributed by atoms with Crippen molar-refractivity contribution in [3.63, 3.8) is 0 Å². The second-order valence-electron chi connectivity index (χ2n) is 6.32. The Hall–Kier alpha value is -3.54. The summed E-state index contributed by atoms with van der Waals surface area (Å²) in [6.07, 6.45) is 1.47. The second-order valence-corrected chi connectivity index (χ2v) is 6.32. The van der Waals surface area contributed by atoms with Crippen molar-refractivity contribution in [3.05, 3.63) is 66.2 Å². The van der Waals surface area contributed by atoms with E-state index in [0.717, 1.165) is 16.5 Å². The fourth-order valence-electron chi connectivity index (χ4n) is 2.75. The summed E-state index contributed by atoms with van der Waals surface area (Å²) in [5.74, 6) is 0.180. The molecule has 3 aromatic carbocycles. The summed E-state index contributed by atoms with van der Waals surface area (Å²) in [5.41, 5.74) is 4.01. The molecule has 1 amide bonds. The number of anilines is 1. The van der Waals surface area contributed by atoms with Crippen molar-refractivity contribution < 1.29 is 14.6 Å². The predicted octanol–water partition coefficient (Wildman–Crippen LogP) is 3.89. The molecule has 0 spiro atoms. The zero-order chi connectivity index (χ0) is 19.9. The molecule has 3 rings (SSSR count). The number of hydrogen-bond donors (Lipinski definition) is 3. The lowest BCUT2D eigenvalue weighted by Gasteiger charge is -2.14. The number of nitrogens with one attached hydrogen (secondary N) is 2. The number of nitrogens with zero attached hydrogens (tertiary/aromatic N) is 1. The van der Waals surface area contributed by atoms with Crippen LogP contribution < -0.4 is 15.5 Å². The van der Waals surface area contributed by atoms with Gasteiger partial charge in [-0.25, -0.2) is 5.43 Å². The molecular formula is C22H23N3O3. The normalized spacial score (nSPS) is 12.1. The molecule has 6 nitrogen and oxygen atoms in total. The zero-order valence-corrected chi connectivity index (χ0v) is 15.8. The van der Waals surface area contributed by atoms with E-state index in [0.29, 0.717) is 17.9 Å². The number of phenolic OH excluding ortho intramolecular Hbond substituents is 1. The molecule has 1 atom stereocenters. The van der Waals surface area contributed by atoms with Crippen LogP contribution in [0.1, 0.15) is 19.4 Å². The Kier molecular flexibility index (Phi) is 6.11. The quantitative estimate of drug-likeness (QED) is 0.431. The lowest BCUT2D eigenvalue weighted by atomic mass is 10.1. The number of rotatable bonds is 7. The molecule has 28 heavy (non-hydrogen) atoms. The van der Waals surface area contributed by atoms with E-state index in [4.69, 9.17) is 4.74 Å². The summed E-state index contributed by atoms with van der Waals surface area (Å²) in [4.78, 5) is 12.3. The van der Waals surface area contributed by atoms with Gasteiger partial charge >= 0.3 is 0 Å². The Labute approximate surface area is 163 Å². The van der Waals surface area contributed by atoms with Crippen molar-refractivity contribution in [2.75, 3.05) is 11.9 Å². The SMILES string of the molecule is CCOc1ccc(/C=N/NC(=O)C(C)Nc2ccc3ccccc3c2)cc1O. The highest BCUT2D eigenvalue weighted by Gasteiger charge is 2.12. The molecule has 3 aromatic rings. The van der Waals surface area contributed by atoms with Crippen LogP contribution >= 0.6 is 0 Å². The maximum atomic E-state index is 12.3. The van der Waals surface area contributed by atoms with Crippen molar-refractivity contribution in [2.45, 2.75) is 19.9 Å². The fourth-order valence-corrected chi connectivity index (χ4v) is 2.75. The first-order chi connectivity index (χ1) is 13.6. The average Bonchev–Trinajstić information content (AvgIpc) is 2.70. The van der Waals surface area contributed by atoms with Gasteiger partial charge < -0.3 is 15.2 Å². The van der Waals surface area contributed by atoms with Crippen LogP contribution in [0.4, 0.5) is 5.69 Å². The zero-order valence-electron chi connectivity index (χ0n) is 15.8. The van der Waals surface area contributed by atoms with E-state index in [1.165, 1.54) is 12.3 Å². The van der Waals surface area contributed by atoms with Crippen molar-refractivity contribution in [1.82, 2.24) is 5.43 Å². The minimum atomic E-state index is -0.466. The van der Waals surface area contributed by atoms with Crippen molar-refractivity contribution in [1.29, 1.82) is 0 Å². The van der Waals surface area contributed by atoms with E-state index >= 15 is 0 Å². The lowest BCUT2D eigenvalue weighted by Crippen LogP contribution is -2.34. The number of fused-ring (bicyclic) bond motifs is 1. The van der Waals surface area contributed by atoms with Crippen LogP contribution in [0.5, 0.6) is 11.5 Å². The van der Waals surface area contributed by atoms with Gasteiger partial charge in [-0.15, -0.1) is 0 Å². The summed E-state index contributed by atoms with van der Waals surface area (Å²) in [6.45, 7) is 4.08. The Morgan fingerprint density at radius 1 is 1.14 bits per heavy atom. The second kappa shape index (κ2) is 8.90. The molecule has 0 bridgehead atoms. The minimum absolute atomic E-state index is 0.0310. The first-order valence-electron chi connectivity index (χ1n) is 9.11. The number of aromatic hydroxyl groups is 1. The maximum absolute atomic E-state index is 12.3. The third-order valence-corrected chi connectivity index (χ3v) is 4.20. The smallest absolute Gasteiger partial charge is 0.262 e. The molecule has 0 saturated heterocycles. The first-order valence-corrected chi connectivity index (χ1v) is 9.11. The highest BCUT2D eigenvalue weighted by Crippen LogP contribution is 2.26. The molecule has 0 aliphatic carbocycles. The van der Waals surface area contributed by atoms with Gasteiger partial charge in [-0.1, -0.05) is 30.3 Å². The molecule has 0 aliphatic rings. The Bertz CT molecular complexity index is 1000. The fraction of sp³-hybridized carbons (Fsp3) is 0.182. The number of benzene rings is 3. The van der Waals surface area contributed by atoms with Crippen LogP contribution in [0.2, 0.25) is 0 Å². The van der Waals surface area contributed by atoms with Crippen molar-refractivity contribution >= 4 is 28.6 Å². The van der Waals surface area contributed by atoms with E-state index < -0.39 is 6.04 Å². The molecule has 0 aliphatic heterocycles. The van der Waals surface area contributed by atoms with E-state index in [2.05, 4.69) is 15.8 Å². The highest BCUT2D eigenvalue weighted by atomic mass is 16.5. The first kappa shape index (κ1) is 19.2. The standard InChI is InChI=1S/C22H23N3O3/c1-3-28-21-11-8-16(12-20(21)26)14-23-25-22(27)15(2)24-19-10-9-17-6-4-5-7-18(17)13-19/h4-15,24,26H,3H2,1-2H3,(H,25,27)/b23-14+. The molecule has 0 radical (unpaired) electrons. The largest absolute Gasteiger partial charge is 0.504 e. The average molecular weight is 377 g/mol. The molecule has 3 N–H and O–H groups in total. The van der Waals surface area contributed by atoms with Gasteiger partial charge in [-0.05, 0) is 60.5 Å². The van der Waals surface area contributed by atoms with Crippen LogP contribution in [-0.4, -0.2) is 29.9 Å². The number of carbonyl (C=O) groups excluding carboxylic acids is 1. The van der Waals surface area contributed by atoms with Gasteiger partial charge in [0, 0.05) is 5.69 Å². The number of ether oxygens (including phenoxy) is 1. The number of carbonyl (C=O) groups is 1. The van der Waals surface area contributed by atoms with Crippen LogP contribution in [0.15, 0.2) is 65.8 Å². The van der Waals surface area contributed by atoms with Gasteiger partial charge in [0.05, 0.1) is 12.8 Å². The van der Waals surface area contributed by atoms with E-state index in [1.807, 2.05) is 49.4 Å². The van der Waals surface area contributed by atoms with Crippen LogP contribution in [0.25, 0.3) is 10.8 Å². The summed E-state index contributed by atoms with van der Waals surface area (Å²) in [7, 11) is 0. The number of hydrazone groups is 1. The minimum Gasteiger partial charge on any atom is -0.504 e. The van der Waals surface area contributed by atoms with Crippen LogP contribution in [0.3, 0.4) is 0 Å². The molecule has 1 unspecified atom stereocenters. The van der Waals surface area contributed by atoms with Gasteiger partial charge in [0.25, 0.3) is 5.91 Å². The maximum Gasteiger partial charge on any atom is 0.262 e. The molecule has 0 saturated carbocycles. The van der Waals surface area contributed by atoms with Crippen molar-refractivity contribution in [2.24, 2.45) is 5.10 Å². The molecule has 0 heterocycles. The summed E-state index contributed by atoms with van der Waals surface area (Å²) in [5, 5.41) is 19.3. The third kappa shape index (κ3) is 4.79. The van der Waals surface area contributed by atoms with E-state index in [9.17, 15) is 9.90 Å². The van der Waals surface area contributed by atoms with Crippen LogP contribution in [-0.2, 0) is 4.79 Å². The van der Waals surface area contributed by atoms with E-state index in [-0.39, 0.29) is 11.7 Å². The molecular weight excluding hydrogens is 354 g/mol. The molecule has 144 valence electrons. The monoisotopic (exact) mass is 377 g/mol. The van der Waals surface area contributed by atoms with Gasteiger partial charge in [0.1, 0.15) is 6.04 Å². The summed E-state index contributed by atoms with van der Waals surface area (Å²) < 4.78 is 5.28. The van der Waals surface area contributed by atoms with E-state index in [1.54, 1.807) is 19.1 Å². The molecule has 0 aromatic heterocycles. The Morgan fingerprint density at radius 2 is 1.93 bits per heavy atom.